The highest BCUT2D eigenvalue weighted by Crippen LogP contribution is 2.12. The maximum absolute atomic E-state index is 12.3. The first kappa shape index (κ1) is 11.8. The topological polar surface area (TPSA) is 75.6 Å². The van der Waals surface area contributed by atoms with Gasteiger partial charge in [-0.1, -0.05) is 0 Å². The maximum Gasteiger partial charge on any atom is 0.436 e. The molecular weight excluding hydrogens is 188 g/mol. The summed E-state index contributed by atoms with van der Waals surface area (Å²) in [4.78, 5) is 20.4. The molecule has 0 aliphatic carbocycles. The van der Waals surface area contributed by atoms with E-state index < -0.39 is 24.4 Å². The lowest BCUT2D eigenvalue weighted by Gasteiger charge is -2.12. The first-order chi connectivity index (χ1) is 5.90. The van der Waals surface area contributed by atoms with Crippen molar-refractivity contribution in [2.24, 2.45) is 0 Å². The maximum atomic E-state index is 12.3. The summed E-state index contributed by atoms with van der Waals surface area (Å²) in [7, 11) is 0.677. The smallest absolute Gasteiger partial charge is 0.436 e. The van der Waals surface area contributed by atoms with Gasteiger partial charge in [0.05, 0.1) is 6.42 Å². The Labute approximate surface area is 72.7 Å². The standard InChI is InChI=1S/C6H9F2NO4/c1-13-6(7,8)5(12)9-3-2-4(10)11/h2-3H2,1H3,(H,9,12)(H,10,11). The highest BCUT2D eigenvalue weighted by Gasteiger charge is 2.38. The summed E-state index contributed by atoms with van der Waals surface area (Å²) in [6.07, 6.45) is -4.32. The van der Waals surface area contributed by atoms with Crippen LogP contribution in [0.25, 0.3) is 0 Å². The Balaban J connectivity index is 3.81. The minimum Gasteiger partial charge on any atom is -0.481 e. The van der Waals surface area contributed by atoms with Gasteiger partial charge in [-0.2, -0.15) is 8.78 Å². The van der Waals surface area contributed by atoms with Gasteiger partial charge in [0.2, 0.25) is 0 Å². The van der Waals surface area contributed by atoms with Crippen LogP contribution in [0.1, 0.15) is 6.42 Å². The molecule has 0 spiro atoms. The molecule has 7 heteroatoms. The molecule has 0 aromatic carbocycles. The third-order valence-corrected chi connectivity index (χ3v) is 1.15. The molecule has 0 fully saturated rings. The molecule has 1 amide bonds. The summed E-state index contributed by atoms with van der Waals surface area (Å²) in [5.74, 6) is -2.82. The number of alkyl halides is 2. The zero-order chi connectivity index (χ0) is 10.5. The molecule has 0 atom stereocenters. The van der Waals surface area contributed by atoms with E-state index in [1.807, 2.05) is 0 Å². The van der Waals surface area contributed by atoms with E-state index in [0.717, 1.165) is 0 Å². The quantitative estimate of drug-likeness (QED) is 0.640. The number of ether oxygens (including phenoxy) is 1. The van der Waals surface area contributed by atoms with Crippen molar-refractivity contribution in [1.29, 1.82) is 0 Å². The molecule has 0 saturated carbocycles. The summed E-state index contributed by atoms with van der Waals surface area (Å²) in [5, 5.41) is 9.83. The lowest BCUT2D eigenvalue weighted by atomic mass is 10.4. The second-order valence-electron chi connectivity index (χ2n) is 2.12. The summed E-state index contributed by atoms with van der Waals surface area (Å²) in [5.41, 5.74) is 0. The zero-order valence-corrected chi connectivity index (χ0v) is 6.84. The molecule has 2 N–H and O–H groups in total. The van der Waals surface area contributed by atoms with Crippen LogP contribution < -0.4 is 5.32 Å². The predicted octanol–water partition coefficient (Wildman–Crippen LogP) is -0.183. The average Bonchev–Trinajstić information content (AvgIpc) is 2.03. The van der Waals surface area contributed by atoms with Crippen LogP contribution in [0.3, 0.4) is 0 Å². The zero-order valence-electron chi connectivity index (χ0n) is 6.84. The number of amides is 1. The molecular formula is C6H9F2NO4. The van der Waals surface area contributed by atoms with E-state index in [0.29, 0.717) is 7.11 Å². The van der Waals surface area contributed by atoms with Crippen molar-refractivity contribution in [3.8, 4) is 0 Å². The fraction of sp³-hybridized carbons (Fsp3) is 0.667. The number of carboxylic acids is 1. The lowest BCUT2D eigenvalue weighted by Crippen LogP contribution is -2.42. The first-order valence-electron chi connectivity index (χ1n) is 3.33. The third-order valence-electron chi connectivity index (χ3n) is 1.15. The number of carbonyl (C=O) groups excluding carboxylic acids is 1. The highest BCUT2D eigenvalue weighted by molar-refractivity contribution is 5.82. The van der Waals surface area contributed by atoms with Crippen LogP contribution in [0.5, 0.6) is 0 Å². The van der Waals surface area contributed by atoms with Gasteiger partial charge < -0.3 is 15.2 Å². The average molecular weight is 197 g/mol. The minimum absolute atomic E-state index is 0.354. The van der Waals surface area contributed by atoms with Crippen molar-refractivity contribution < 1.29 is 28.2 Å². The van der Waals surface area contributed by atoms with E-state index in [2.05, 4.69) is 4.74 Å². The van der Waals surface area contributed by atoms with Crippen LogP contribution in [-0.4, -0.2) is 36.7 Å². The molecule has 0 unspecified atom stereocenters. The van der Waals surface area contributed by atoms with Crippen LogP contribution in [-0.2, 0) is 14.3 Å². The number of halogens is 2. The molecule has 0 radical (unpaired) electrons. The van der Waals surface area contributed by atoms with Gasteiger partial charge in [-0.15, -0.1) is 0 Å². The van der Waals surface area contributed by atoms with Crippen LogP contribution in [0, 0.1) is 0 Å². The van der Waals surface area contributed by atoms with Gasteiger partial charge in [0.25, 0.3) is 0 Å². The number of carboxylic acid groups (broad SMARTS) is 1. The van der Waals surface area contributed by atoms with Crippen molar-refractivity contribution in [2.45, 2.75) is 12.5 Å². The number of rotatable bonds is 5. The molecule has 0 heterocycles. The van der Waals surface area contributed by atoms with E-state index >= 15 is 0 Å². The van der Waals surface area contributed by atoms with Crippen molar-refractivity contribution in [3.05, 3.63) is 0 Å². The normalized spacial score (nSPS) is 11.0. The van der Waals surface area contributed by atoms with Gasteiger partial charge >= 0.3 is 18.0 Å². The minimum atomic E-state index is -3.90. The Morgan fingerprint density at radius 1 is 1.54 bits per heavy atom. The van der Waals surface area contributed by atoms with Crippen LogP contribution >= 0.6 is 0 Å². The third kappa shape index (κ3) is 4.36. The van der Waals surface area contributed by atoms with Gasteiger partial charge in [0, 0.05) is 13.7 Å². The lowest BCUT2D eigenvalue weighted by molar-refractivity contribution is -0.219. The van der Waals surface area contributed by atoms with E-state index in [1.165, 1.54) is 0 Å². The Hall–Kier alpha value is -1.24. The number of carbonyl (C=O) groups is 2. The van der Waals surface area contributed by atoms with E-state index in [-0.39, 0.29) is 6.54 Å². The molecule has 13 heavy (non-hydrogen) atoms. The van der Waals surface area contributed by atoms with E-state index in [1.54, 1.807) is 5.32 Å². The monoisotopic (exact) mass is 197 g/mol. The van der Waals surface area contributed by atoms with Crippen molar-refractivity contribution in [2.75, 3.05) is 13.7 Å². The molecule has 5 nitrogen and oxygen atoms in total. The molecule has 0 aliphatic heterocycles. The SMILES string of the molecule is COC(F)(F)C(=O)NCCC(=O)O. The molecule has 0 aliphatic rings. The van der Waals surface area contributed by atoms with Gasteiger partial charge in [0.1, 0.15) is 0 Å². The first-order valence-corrected chi connectivity index (χ1v) is 3.33. The van der Waals surface area contributed by atoms with Crippen molar-refractivity contribution in [3.63, 3.8) is 0 Å². The number of aliphatic carboxylic acids is 1. The number of methoxy groups -OCH3 is 1. The molecule has 0 aromatic heterocycles. The number of nitrogens with one attached hydrogen (secondary N) is 1. The van der Waals surface area contributed by atoms with Crippen LogP contribution in [0.4, 0.5) is 8.78 Å². The fourth-order valence-electron chi connectivity index (χ4n) is 0.479. The van der Waals surface area contributed by atoms with Crippen LogP contribution in [0.2, 0.25) is 0 Å². The van der Waals surface area contributed by atoms with E-state index in [9.17, 15) is 18.4 Å². The van der Waals surface area contributed by atoms with Gasteiger partial charge in [-0.05, 0) is 0 Å². The van der Waals surface area contributed by atoms with Crippen LogP contribution in [0.15, 0.2) is 0 Å². The predicted molar refractivity (Wildman–Crippen MR) is 37.2 cm³/mol. The summed E-state index contributed by atoms with van der Waals surface area (Å²) < 4.78 is 28.1. The summed E-state index contributed by atoms with van der Waals surface area (Å²) in [6.45, 7) is -0.354. The number of hydrogen-bond acceptors (Lipinski definition) is 3. The molecule has 0 aromatic rings. The summed E-state index contributed by atoms with van der Waals surface area (Å²) >= 11 is 0. The Morgan fingerprint density at radius 3 is 2.46 bits per heavy atom. The van der Waals surface area contributed by atoms with E-state index in [4.69, 9.17) is 5.11 Å². The second-order valence-corrected chi connectivity index (χ2v) is 2.12. The molecule has 0 rings (SSSR count). The van der Waals surface area contributed by atoms with Gasteiger partial charge in [-0.3, -0.25) is 9.59 Å². The Bertz CT molecular complexity index is 207. The molecule has 0 saturated heterocycles. The second kappa shape index (κ2) is 4.70. The van der Waals surface area contributed by atoms with Gasteiger partial charge in [0.15, 0.2) is 0 Å². The molecule has 76 valence electrons. The van der Waals surface area contributed by atoms with Gasteiger partial charge in [-0.25, -0.2) is 0 Å². The fourth-order valence-corrected chi connectivity index (χ4v) is 0.479. The number of hydrogen-bond donors (Lipinski definition) is 2. The Kier molecular flexibility index (Phi) is 4.26. The van der Waals surface area contributed by atoms with Crippen molar-refractivity contribution >= 4 is 11.9 Å². The summed E-state index contributed by atoms with van der Waals surface area (Å²) in [6, 6.07) is 0. The largest absolute Gasteiger partial charge is 0.481 e. The molecule has 0 bridgehead atoms. The Morgan fingerprint density at radius 2 is 2.08 bits per heavy atom. The highest BCUT2D eigenvalue weighted by atomic mass is 19.3. The van der Waals surface area contributed by atoms with Crippen molar-refractivity contribution in [1.82, 2.24) is 5.32 Å².